The zero-order valence-electron chi connectivity index (χ0n) is 13.4. The van der Waals surface area contributed by atoms with Crippen LogP contribution >= 0.6 is 0 Å². The number of rotatable bonds is 2. The second kappa shape index (κ2) is 4.27. The first-order valence-corrected chi connectivity index (χ1v) is 9.06. The Balaban J connectivity index is 1.43. The van der Waals surface area contributed by atoms with Gasteiger partial charge in [0.15, 0.2) is 0 Å². The first kappa shape index (κ1) is 14.2. The molecule has 6 fully saturated rings. The molecule has 3 unspecified atom stereocenters. The zero-order valence-corrected chi connectivity index (χ0v) is 13.4. The maximum Gasteiger partial charge on any atom is 0.301 e. The standard InChI is InChI=1S/C18H24FN3O/c1-21-14-4-12-3-13(12)22(14)16(23)15(20)17-5-10-2-11(6-17)8-18(19,7-10)9-17/h10-15H,2-9,20H2/t10?,11?,12-,13?,14-,15+,17?,18?/m0/s1. The predicted molar refractivity (Wildman–Crippen MR) is 82.7 cm³/mol. The minimum Gasteiger partial charge on any atom is -0.319 e. The molecule has 6 aliphatic rings. The van der Waals surface area contributed by atoms with Gasteiger partial charge in [-0.25, -0.2) is 11.0 Å². The van der Waals surface area contributed by atoms with Crippen LogP contribution in [-0.2, 0) is 4.79 Å². The Morgan fingerprint density at radius 3 is 2.52 bits per heavy atom. The Labute approximate surface area is 136 Å². The molecule has 124 valence electrons. The van der Waals surface area contributed by atoms with Crippen molar-refractivity contribution in [1.29, 1.82) is 0 Å². The smallest absolute Gasteiger partial charge is 0.301 e. The fourth-order valence-corrected chi connectivity index (χ4v) is 6.86. The van der Waals surface area contributed by atoms with Crippen molar-refractivity contribution in [3.63, 3.8) is 0 Å². The number of halogens is 1. The van der Waals surface area contributed by atoms with Gasteiger partial charge in [0.05, 0.1) is 6.04 Å². The molecule has 1 amide bonds. The summed E-state index contributed by atoms with van der Waals surface area (Å²) >= 11 is 0. The van der Waals surface area contributed by atoms with E-state index in [0.717, 1.165) is 32.1 Å². The van der Waals surface area contributed by atoms with Crippen LogP contribution in [0.5, 0.6) is 0 Å². The van der Waals surface area contributed by atoms with Crippen molar-refractivity contribution < 1.29 is 9.18 Å². The summed E-state index contributed by atoms with van der Waals surface area (Å²) in [6.07, 6.45) is 6.24. The van der Waals surface area contributed by atoms with Gasteiger partial charge in [-0.1, -0.05) is 0 Å². The summed E-state index contributed by atoms with van der Waals surface area (Å²) in [4.78, 5) is 18.5. The highest BCUT2D eigenvalue weighted by Crippen LogP contribution is 2.64. The van der Waals surface area contributed by atoms with Crippen LogP contribution in [0.2, 0.25) is 0 Å². The maximum absolute atomic E-state index is 15.1. The molecule has 1 saturated heterocycles. The number of hydrogen-bond donors (Lipinski definition) is 1. The number of hydrogen-bond acceptors (Lipinski definition) is 2. The van der Waals surface area contributed by atoms with Gasteiger partial charge in [-0.3, -0.25) is 14.5 Å². The normalized spacial score (nSPS) is 53.8. The van der Waals surface area contributed by atoms with Crippen LogP contribution in [0.3, 0.4) is 0 Å². The van der Waals surface area contributed by atoms with Crippen LogP contribution in [0.25, 0.3) is 4.85 Å². The molecule has 2 N–H and O–H groups in total. The molecular formula is C18H24FN3O. The molecule has 0 aromatic rings. The molecule has 0 spiro atoms. The summed E-state index contributed by atoms with van der Waals surface area (Å²) in [6, 6.07) is -0.381. The molecule has 6 atom stereocenters. The van der Waals surface area contributed by atoms with Crippen molar-refractivity contribution in [2.75, 3.05) is 0 Å². The lowest BCUT2D eigenvalue weighted by atomic mass is 9.46. The number of carbonyl (C=O) groups is 1. The third kappa shape index (κ3) is 1.88. The van der Waals surface area contributed by atoms with Crippen LogP contribution in [0.4, 0.5) is 4.39 Å². The number of nitrogens with two attached hydrogens (primary N) is 1. The Kier molecular flexibility index (Phi) is 2.64. The van der Waals surface area contributed by atoms with Gasteiger partial charge >= 0.3 is 6.17 Å². The van der Waals surface area contributed by atoms with E-state index >= 15 is 4.39 Å². The van der Waals surface area contributed by atoms with E-state index in [1.807, 2.05) is 0 Å². The number of amides is 1. The SMILES string of the molecule is [C-]#[N+][C@@H]1C[C@@H]2CC2N1C(=O)[C@@H](N)C12CC3CC(CC(F)(C3)C1)C2. The predicted octanol–water partition coefficient (Wildman–Crippen LogP) is 2.49. The van der Waals surface area contributed by atoms with Crippen LogP contribution in [0, 0.1) is 29.7 Å². The van der Waals surface area contributed by atoms with Gasteiger partial charge in [0.25, 0.3) is 0 Å². The van der Waals surface area contributed by atoms with Gasteiger partial charge in [-0.15, -0.1) is 0 Å². The zero-order chi connectivity index (χ0) is 16.0. The molecule has 0 aromatic carbocycles. The molecule has 4 nitrogen and oxygen atoms in total. The van der Waals surface area contributed by atoms with Crippen molar-refractivity contribution in [2.24, 2.45) is 28.9 Å². The lowest BCUT2D eigenvalue weighted by Gasteiger charge is -2.60. The largest absolute Gasteiger partial charge is 0.319 e. The monoisotopic (exact) mass is 317 g/mol. The van der Waals surface area contributed by atoms with Crippen molar-refractivity contribution in [2.45, 2.75) is 75.3 Å². The summed E-state index contributed by atoms with van der Waals surface area (Å²) in [6.45, 7) is 7.36. The van der Waals surface area contributed by atoms with Crippen LogP contribution in [0.15, 0.2) is 0 Å². The first-order chi connectivity index (χ1) is 10.9. The fourth-order valence-electron chi connectivity index (χ4n) is 6.86. The third-order valence-corrected chi connectivity index (χ3v) is 7.44. The molecular weight excluding hydrogens is 293 g/mol. The summed E-state index contributed by atoms with van der Waals surface area (Å²) in [5, 5.41) is 0. The van der Waals surface area contributed by atoms with Crippen molar-refractivity contribution in [1.82, 2.24) is 4.90 Å². The van der Waals surface area contributed by atoms with Crippen molar-refractivity contribution in [3.8, 4) is 0 Å². The number of piperidine rings is 1. The molecule has 0 aromatic heterocycles. The molecule has 1 heterocycles. The number of nitrogens with zero attached hydrogens (tertiary/aromatic N) is 2. The molecule has 0 radical (unpaired) electrons. The topological polar surface area (TPSA) is 50.7 Å². The van der Waals surface area contributed by atoms with Crippen LogP contribution < -0.4 is 5.73 Å². The molecule has 6 rings (SSSR count). The van der Waals surface area contributed by atoms with Crippen molar-refractivity contribution in [3.05, 3.63) is 11.4 Å². The third-order valence-electron chi connectivity index (χ3n) is 7.44. The average Bonchev–Trinajstić information content (AvgIpc) is 3.14. The number of likely N-dealkylation sites (tertiary alicyclic amines) is 1. The van der Waals surface area contributed by atoms with E-state index in [0.29, 0.717) is 37.0 Å². The molecule has 5 heteroatoms. The number of alkyl halides is 1. The van der Waals surface area contributed by atoms with Crippen LogP contribution in [0.1, 0.15) is 51.4 Å². The Hall–Kier alpha value is -1.15. The van der Waals surface area contributed by atoms with Gasteiger partial charge in [0.1, 0.15) is 5.67 Å². The van der Waals surface area contributed by atoms with Crippen LogP contribution in [-0.4, -0.2) is 34.7 Å². The maximum atomic E-state index is 15.1. The Bertz CT molecular complexity index is 600. The first-order valence-electron chi connectivity index (χ1n) is 9.06. The Morgan fingerprint density at radius 2 is 1.91 bits per heavy atom. The molecule has 1 aliphatic heterocycles. The molecule has 4 bridgehead atoms. The summed E-state index contributed by atoms with van der Waals surface area (Å²) in [5.74, 6) is 1.25. The van der Waals surface area contributed by atoms with Crippen molar-refractivity contribution >= 4 is 5.91 Å². The van der Waals surface area contributed by atoms with Gasteiger partial charge in [-0.2, -0.15) is 0 Å². The summed E-state index contributed by atoms with van der Waals surface area (Å²) in [7, 11) is 0. The van der Waals surface area contributed by atoms with E-state index in [4.69, 9.17) is 12.3 Å². The van der Waals surface area contributed by atoms with E-state index in [1.165, 1.54) is 0 Å². The molecule has 5 saturated carbocycles. The quantitative estimate of drug-likeness (QED) is 0.796. The highest BCUT2D eigenvalue weighted by atomic mass is 19.1. The van der Waals surface area contributed by atoms with E-state index in [-0.39, 0.29) is 23.5 Å². The molecule has 5 aliphatic carbocycles. The highest BCUT2D eigenvalue weighted by Gasteiger charge is 2.64. The molecule has 23 heavy (non-hydrogen) atoms. The van der Waals surface area contributed by atoms with Gasteiger partial charge in [0.2, 0.25) is 5.91 Å². The summed E-state index contributed by atoms with van der Waals surface area (Å²) < 4.78 is 15.1. The Morgan fingerprint density at radius 1 is 1.22 bits per heavy atom. The van der Waals surface area contributed by atoms with E-state index < -0.39 is 11.7 Å². The minimum atomic E-state index is -1.09. The minimum absolute atomic E-state index is 0.0680. The fraction of sp³-hybridized carbons (Fsp3) is 0.889. The average molecular weight is 317 g/mol. The lowest BCUT2D eigenvalue weighted by molar-refractivity contribution is -0.156. The second-order valence-corrected chi connectivity index (χ2v) is 9.11. The summed E-state index contributed by atoms with van der Waals surface area (Å²) in [5.41, 5.74) is 5.05. The van der Waals surface area contributed by atoms with Gasteiger partial charge in [-0.05, 0) is 68.1 Å². The second-order valence-electron chi connectivity index (χ2n) is 9.11. The lowest BCUT2D eigenvalue weighted by Crippen LogP contribution is -2.63. The van der Waals surface area contributed by atoms with Gasteiger partial charge in [0, 0.05) is 12.5 Å². The van der Waals surface area contributed by atoms with E-state index in [9.17, 15) is 4.79 Å². The van der Waals surface area contributed by atoms with E-state index in [1.54, 1.807) is 4.90 Å². The van der Waals surface area contributed by atoms with Gasteiger partial charge < -0.3 is 5.73 Å². The number of carbonyl (C=O) groups excluding carboxylic acids is 1. The van der Waals surface area contributed by atoms with E-state index in [2.05, 4.69) is 4.85 Å². The highest BCUT2D eigenvalue weighted by molar-refractivity contribution is 5.84. The number of fused-ring (bicyclic) bond motifs is 1.